The number of nitriles is 1. The summed E-state index contributed by atoms with van der Waals surface area (Å²) in [6.07, 6.45) is 1.54. The molecule has 1 aromatic rings. The van der Waals surface area contributed by atoms with Crippen LogP contribution in [0.5, 0.6) is 5.88 Å². The van der Waals surface area contributed by atoms with Crippen molar-refractivity contribution in [3.8, 4) is 11.9 Å². The van der Waals surface area contributed by atoms with Gasteiger partial charge in [0.25, 0.3) is 5.56 Å². The maximum absolute atomic E-state index is 11.8. The predicted octanol–water partition coefficient (Wildman–Crippen LogP) is 1.94. The summed E-state index contributed by atoms with van der Waals surface area (Å²) in [5, 5.41) is 18.9. The Bertz CT molecular complexity index is 529. The lowest BCUT2D eigenvalue weighted by Gasteiger charge is -2.17. The molecule has 1 unspecified atom stereocenters. The highest BCUT2D eigenvalue weighted by Crippen LogP contribution is 2.18. The lowest BCUT2D eigenvalue weighted by molar-refractivity contribution is 0.0505. The number of hydrogen-bond acceptors (Lipinski definition) is 4. The molecule has 1 atom stereocenters. The Morgan fingerprint density at radius 2 is 2.21 bits per heavy atom. The molecule has 0 saturated carbocycles. The summed E-state index contributed by atoms with van der Waals surface area (Å²) in [4.78, 5) is 11.8. The topological polar surface area (TPSA) is 75.2 Å². The van der Waals surface area contributed by atoms with Crippen LogP contribution in [0.25, 0.3) is 0 Å². The highest BCUT2D eigenvalue weighted by molar-refractivity contribution is 5.43. The molecule has 5 nitrogen and oxygen atoms in total. The van der Waals surface area contributed by atoms with Crippen LogP contribution in [0.1, 0.15) is 37.8 Å². The Morgan fingerprint density at radius 1 is 1.53 bits per heavy atom. The molecule has 1 aromatic heterocycles. The van der Waals surface area contributed by atoms with Crippen LogP contribution in [0.3, 0.4) is 0 Å². The van der Waals surface area contributed by atoms with Gasteiger partial charge in [-0.15, -0.1) is 0 Å². The molecule has 0 spiro atoms. The molecule has 19 heavy (non-hydrogen) atoms. The molecule has 0 aliphatic carbocycles. The smallest absolute Gasteiger partial charge is 0.253 e. The van der Waals surface area contributed by atoms with Gasteiger partial charge in [0.2, 0.25) is 5.88 Å². The Kier molecular flexibility index (Phi) is 5.58. The van der Waals surface area contributed by atoms with E-state index in [1.165, 1.54) is 10.6 Å². The summed E-state index contributed by atoms with van der Waals surface area (Å²) in [6.45, 7) is 6.54. The first-order chi connectivity index (χ1) is 9.04. The molecule has 1 rings (SSSR count). The summed E-state index contributed by atoms with van der Waals surface area (Å²) in [5.41, 5.74) is 0.363. The number of hydrogen-bond donors (Lipinski definition) is 1. The number of ether oxygens (including phenoxy) is 1. The lowest BCUT2D eigenvalue weighted by atomic mass is 10.1. The van der Waals surface area contributed by atoms with Crippen molar-refractivity contribution in [3.63, 3.8) is 0 Å². The van der Waals surface area contributed by atoms with E-state index in [1.807, 2.05) is 19.9 Å². The van der Waals surface area contributed by atoms with Crippen molar-refractivity contribution in [2.45, 2.75) is 46.3 Å². The molecule has 0 amide bonds. The minimum atomic E-state index is -0.291. The molecule has 0 fully saturated rings. The summed E-state index contributed by atoms with van der Waals surface area (Å²) < 4.78 is 6.74. The van der Waals surface area contributed by atoms with Gasteiger partial charge in [-0.2, -0.15) is 5.26 Å². The molecule has 0 radical (unpaired) electrons. The number of pyridine rings is 1. The van der Waals surface area contributed by atoms with E-state index in [9.17, 15) is 9.90 Å². The van der Waals surface area contributed by atoms with Gasteiger partial charge >= 0.3 is 0 Å². The molecule has 0 aromatic carbocycles. The zero-order valence-corrected chi connectivity index (χ0v) is 11.6. The van der Waals surface area contributed by atoms with Gasteiger partial charge in [-0.05, 0) is 32.3 Å². The van der Waals surface area contributed by atoms with E-state index in [1.54, 1.807) is 6.92 Å². The van der Waals surface area contributed by atoms with Crippen molar-refractivity contribution in [1.82, 2.24) is 4.57 Å². The standard InChI is InChI=1S/C14H20N2O3/c1-4-11(19-5-2)6-7-16-13(17)8-10(3)12(9-15)14(16)18/h8,11,18H,4-7H2,1-3H3. The first-order valence-corrected chi connectivity index (χ1v) is 6.50. The first kappa shape index (κ1) is 15.3. The van der Waals surface area contributed by atoms with Crippen molar-refractivity contribution in [2.75, 3.05) is 6.61 Å². The van der Waals surface area contributed by atoms with Crippen LogP contribution < -0.4 is 5.56 Å². The van der Waals surface area contributed by atoms with E-state index in [4.69, 9.17) is 10.00 Å². The van der Waals surface area contributed by atoms with Crippen LogP contribution in [-0.2, 0) is 11.3 Å². The average molecular weight is 264 g/mol. The third kappa shape index (κ3) is 3.58. The molecule has 1 N–H and O–H groups in total. The van der Waals surface area contributed by atoms with Crippen molar-refractivity contribution in [2.24, 2.45) is 0 Å². The molecule has 0 aliphatic heterocycles. The number of aromatic nitrogens is 1. The van der Waals surface area contributed by atoms with Gasteiger partial charge in [-0.25, -0.2) is 0 Å². The minimum Gasteiger partial charge on any atom is -0.493 e. The van der Waals surface area contributed by atoms with Gasteiger partial charge in [-0.1, -0.05) is 6.92 Å². The molecule has 0 bridgehead atoms. The van der Waals surface area contributed by atoms with Gasteiger partial charge in [0.15, 0.2) is 0 Å². The van der Waals surface area contributed by atoms with Gasteiger partial charge in [0.1, 0.15) is 11.6 Å². The van der Waals surface area contributed by atoms with E-state index in [-0.39, 0.29) is 23.1 Å². The second-order valence-electron chi connectivity index (χ2n) is 4.40. The predicted molar refractivity (Wildman–Crippen MR) is 72.1 cm³/mol. The van der Waals surface area contributed by atoms with E-state index in [0.29, 0.717) is 25.1 Å². The van der Waals surface area contributed by atoms with Gasteiger partial charge < -0.3 is 9.84 Å². The molecule has 5 heteroatoms. The van der Waals surface area contributed by atoms with Gasteiger partial charge in [0, 0.05) is 19.2 Å². The van der Waals surface area contributed by atoms with Crippen molar-refractivity contribution in [1.29, 1.82) is 5.26 Å². The Balaban J connectivity index is 2.96. The second-order valence-corrected chi connectivity index (χ2v) is 4.40. The zero-order chi connectivity index (χ0) is 14.4. The Labute approximate surface area is 113 Å². The number of nitrogens with zero attached hydrogens (tertiary/aromatic N) is 2. The van der Waals surface area contributed by atoms with Crippen molar-refractivity contribution in [3.05, 3.63) is 27.5 Å². The molecule has 1 heterocycles. The van der Waals surface area contributed by atoms with E-state index >= 15 is 0 Å². The lowest BCUT2D eigenvalue weighted by Crippen LogP contribution is -2.24. The molecular formula is C14H20N2O3. The van der Waals surface area contributed by atoms with Crippen LogP contribution in [0.15, 0.2) is 10.9 Å². The average Bonchev–Trinajstić information content (AvgIpc) is 2.37. The Morgan fingerprint density at radius 3 is 2.74 bits per heavy atom. The van der Waals surface area contributed by atoms with Crippen molar-refractivity contribution < 1.29 is 9.84 Å². The minimum absolute atomic E-state index is 0.0585. The van der Waals surface area contributed by atoms with Gasteiger partial charge in [0.05, 0.1) is 6.10 Å². The third-order valence-electron chi connectivity index (χ3n) is 3.12. The normalized spacial score (nSPS) is 12.1. The zero-order valence-electron chi connectivity index (χ0n) is 11.6. The first-order valence-electron chi connectivity index (χ1n) is 6.50. The quantitative estimate of drug-likeness (QED) is 0.852. The summed E-state index contributed by atoms with van der Waals surface area (Å²) >= 11 is 0. The maximum atomic E-state index is 11.8. The number of aromatic hydroxyl groups is 1. The van der Waals surface area contributed by atoms with Crippen LogP contribution in [0.2, 0.25) is 0 Å². The van der Waals surface area contributed by atoms with Crippen LogP contribution in [-0.4, -0.2) is 22.4 Å². The maximum Gasteiger partial charge on any atom is 0.253 e. The SMILES string of the molecule is CCOC(CC)CCn1c(O)c(C#N)c(C)cc1=O. The fourth-order valence-corrected chi connectivity index (χ4v) is 2.02. The van der Waals surface area contributed by atoms with E-state index < -0.39 is 0 Å². The fourth-order valence-electron chi connectivity index (χ4n) is 2.02. The largest absolute Gasteiger partial charge is 0.493 e. The van der Waals surface area contributed by atoms with Crippen LogP contribution in [0.4, 0.5) is 0 Å². The van der Waals surface area contributed by atoms with E-state index in [2.05, 4.69) is 0 Å². The second kappa shape index (κ2) is 6.95. The van der Waals surface area contributed by atoms with Crippen LogP contribution >= 0.6 is 0 Å². The highest BCUT2D eigenvalue weighted by Gasteiger charge is 2.14. The van der Waals surface area contributed by atoms with E-state index in [0.717, 1.165) is 6.42 Å². The Hall–Kier alpha value is -1.80. The molecule has 104 valence electrons. The molecular weight excluding hydrogens is 244 g/mol. The molecule has 0 saturated heterocycles. The number of rotatable bonds is 6. The van der Waals surface area contributed by atoms with Crippen molar-refractivity contribution >= 4 is 0 Å². The summed E-state index contributed by atoms with van der Waals surface area (Å²) in [7, 11) is 0. The molecule has 0 aliphatic rings. The summed E-state index contributed by atoms with van der Waals surface area (Å²) in [5.74, 6) is -0.251. The fraction of sp³-hybridized carbons (Fsp3) is 0.571. The van der Waals surface area contributed by atoms with Gasteiger partial charge in [-0.3, -0.25) is 9.36 Å². The third-order valence-corrected chi connectivity index (χ3v) is 3.12. The monoisotopic (exact) mass is 264 g/mol. The highest BCUT2D eigenvalue weighted by atomic mass is 16.5. The van der Waals surface area contributed by atoms with Crippen LogP contribution in [0, 0.1) is 18.3 Å². The number of aryl methyl sites for hydroxylation is 1. The summed E-state index contributed by atoms with van der Waals surface area (Å²) in [6, 6.07) is 3.29.